The fraction of sp³-hybridized carbons (Fsp3) is 0.529. The maximum absolute atomic E-state index is 12.6. The van der Waals surface area contributed by atoms with E-state index in [-0.39, 0.29) is 5.91 Å². The number of carbonyl (C=O) groups is 1. The number of hydrogen-bond acceptors (Lipinski definition) is 5. The van der Waals surface area contributed by atoms with Crippen LogP contribution in [0.1, 0.15) is 44.6 Å². The van der Waals surface area contributed by atoms with Crippen LogP contribution < -0.4 is 5.32 Å². The van der Waals surface area contributed by atoms with E-state index in [4.69, 9.17) is 0 Å². The summed E-state index contributed by atoms with van der Waals surface area (Å²) in [4.78, 5) is 17.1. The van der Waals surface area contributed by atoms with E-state index in [0.29, 0.717) is 24.0 Å². The Morgan fingerprint density at radius 1 is 1.36 bits per heavy atom. The minimum Gasteiger partial charge on any atom is -0.301 e. The molecule has 8 heteroatoms. The summed E-state index contributed by atoms with van der Waals surface area (Å²) < 4.78 is 26.2. The van der Waals surface area contributed by atoms with Gasteiger partial charge in [0.2, 0.25) is 15.9 Å². The number of sulfonamides is 1. The maximum atomic E-state index is 12.6. The molecule has 1 atom stereocenters. The lowest BCUT2D eigenvalue weighted by Gasteiger charge is -2.32. The molecule has 1 saturated heterocycles. The van der Waals surface area contributed by atoms with Crippen LogP contribution in [0.25, 0.3) is 10.2 Å². The molecule has 1 aromatic heterocycles. The minimum absolute atomic E-state index is 0.298. The molecular weight excluding hydrogens is 358 g/mol. The van der Waals surface area contributed by atoms with Crippen molar-refractivity contribution in [3.8, 4) is 0 Å². The molecule has 0 saturated carbocycles. The SMILES string of the molecule is CC(C)c1ccc2nc(NC(=O)C3CCCCN3S(C)(=O)=O)sc2c1. The summed E-state index contributed by atoms with van der Waals surface area (Å²) in [5.41, 5.74) is 2.07. The van der Waals surface area contributed by atoms with Crippen molar-refractivity contribution in [2.24, 2.45) is 0 Å². The van der Waals surface area contributed by atoms with Gasteiger partial charge in [-0.05, 0) is 36.5 Å². The van der Waals surface area contributed by atoms with Gasteiger partial charge in [-0.2, -0.15) is 4.31 Å². The topological polar surface area (TPSA) is 79.4 Å². The fourth-order valence-electron chi connectivity index (χ4n) is 3.11. The van der Waals surface area contributed by atoms with Crippen LogP contribution in [0.5, 0.6) is 0 Å². The van der Waals surface area contributed by atoms with E-state index >= 15 is 0 Å². The van der Waals surface area contributed by atoms with Gasteiger partial charge in [0, 0.05) is 6.54 Å². The number of rotatable bonds is 4. The van der Waals surface area contributed by atoms with Crippen LogP contribution in [0.3, 0.4) is 0 Å². The third kappa shape index (κ3) is 4.02. The second-order valence-corrected chi connectivity index (χ2v) is 9.74. The van der Waals surface area contributed by atoms with Gasteiger partial charge in [0.15, 0.2) is 5.13 Å². The molecule has 1 aromatic carbocycles. The van der Waals surface area contributed by atoms with Gasteiger partial charge in [0.05, 0.1) is 16.5 Å². The van der Waals surface area contributed by atoms with Gasteiger partial charge in [0.1, 0.15) is 6.04 Å². The van der Waals surface area contributed by atoms with Crippen molar-refractivity contribution in [1.29, 1.82) is 0 Å². The van der Waals surface area contributed by atoms with Crippen LogP contribution >= 0.6 is 11.3 Å². The van der Waals surface area contributed by atoms with Crippen molar-refractivity contribution in [2.45, 2.75) is 45.1 Å². The van der Waals surface area contributed by atoms with E-state index in [1.165, 1.54) is 21.2 Å². The van der Waals surface area contributed by atoms with Gasteiger partial charge in [-0.25, -0.2) is 13.4 Å². The Morgan fingerprint density at radius 3 is 2.80 bits per heavy atom. The zero-order chi connectivity index (χ0) is 18.2. The Balaban J connectivity index is 1.81. The number of amides is 1. The smallest absolute Gasteiger partial charge is 0.244 e. The van der Waals surface area contributed by atoms with Crippen LogP contribution in [0, 0.1) is 0 Å². The summed E-state index contributed by atoms with van der Waals surface area (Å²) in [5, 5.41) is 3.33. The number of aromatic nitrogens is 1. The highest BCUT2D eigenvalue weighted by Crippen LogP contribution is 2.30. The first-order valence-electron chi connectivity index (χ1n) is 8.44. The maximum Gasteiger partial charge on any atom is 0.244 e. The number of thiazole rings is 1. The van der Waals surface area contributed by atoms with Crippen LogP contribution in [0.2, 0.25) is 0 Å². The molecule has 1 aliphatic heterocycles. The predicted octanol–water partition coefficient (Wildman–Crippen LogP) is 3.17. The van der Waals surface area contributed by atoms with Crippen LogP contribution in [-0.2, 0) is 14.8 Å². The van der Waals surface area contributed by atoms with Crippen molar-refractivity contribution in [1.82, 2.24) is 9.29 Å². The summed E-state index contributed by atoms with van der Waals surface area (Å²) in [7, 11) is -3.40. The average Bonchev–Trinajstić information content (AvgIpc) is 2.95. The first kappa shape index (κ1) is 18.3. The molecule has 1 aliphatic rings. The fourth-order valence-corrected chi connectivity index (χ4v) is 5.15. The lowest BCUT2D eigenvalue weighted by atomic mass is 10.0. The monoisotopic (exact) mass is 381 g/mol. The quantitative estimate of drug-likeness (QED) is 0.882. The van der Waals surface area contributed by atoms with Gasteiger partial charge in [-0.3, -0.25) is 4.79 Å². The minimum atomic E-state index is -3.40. The van der Waals surface area contributed by atoms with Gasteiger partial charge in [0.25, 0.3) is 0 Å². The van der Waals surface area contributed by atoms with Gasteiger partial charge in [-0.1, -0.05) is 37.7 Å². The molecule has 1 N–H and O–H groups in total. The van der Waals surface area contributed by atoms with E-state index in [9.17, 15) is 13.2 Å². The first-order valence-corrected chi connectivity index (χ1v) is 11.1. The Kier molecular flexibility index (Phi) is 5.13. The highest BCUT2D eigenvalue weighted by molar-refractivity contribution is 7.88. The van der Waals surface area contributed by atoms with Crippen molar-refractivity contribution >= 4 is 42.6 Å². The third-order valence-electron chi connectivity index (χ3n) is 4.49. The van der Waals surface area contributed by atoms with E-state index in [1.54, 1.807) is 0 Å². The second-order valence-electron chi connectivity index (χ2n) is 6.78. The molecule has 2 heterocycles. The summed E-state index contributed by atoms with van der Waals surface area (Å²) >= 11 is 1.42. The molecule has 0 aliphatic carbocycles. The van der Waals surface area contributed by atoms with E-state index in [0.717, 1.165) is 29.3 Å². The number of anilines is 1. The number of nitrogens with zero attached hydrogens (tertiary/aromatic N) is 2. The van der Waals surface area contributed by atoms with Crippen LogP contribution in [0.15, 0.2) is 18.2 Å². The Bertz CT molecular complexity index is 890. The average molecular weight is 382 g/mol. The first-order chi connectivity index (χ1) is 11.8. The molecular formula is C17H23N3O3S2. The molecule has 0 spiro atoms. The molecule has 6 nitrogen and oxygen atoms in total. The molecule has 1 fully saturated rings. The number of benzene rings is 1. The molecule has 25 heavy (non-hydrogen) atoms. The van der Waals surface area contributed by atoms with E-state index in [1.807, 2.05) is 12.1 Å². The predicted molar refractivity (Wildman–Crippen MR) is 102 cm³/mol. The van der Waals surface area contributed by atoms with Crippen molar-refractivity contribution in [3.05, 3.63) is 23.8 Å². The Labute approximate surface area is 152 Å². The van der Waals surface area contributed by atoms with E-state index < -0.39 is 16.1 Å². The summed E-state index contributed by atoms with van der Waals surface area (Å²) in [6.07, 6.45) is 3.34. The second kappa shape index (κ2) is 7.01. The normalized spacial score (nSPS) is 19.4. The summed E-state index contributed by atoms with van der Waals surface area (Å²) in [5.74, 6) is 0.128. The molecule has 0 radical (unpaired) electrons. The van der Waals surface area contributed by atoms with Crippen molar-refractivity contribution < 1.29 is 13.2 Å². The number of fused-ring (bicyclic) bond motifs is 1. The van der Waals surface area contributed by atoms with Crippen molar-refractivity contribution in [3.63, 3.8) is 0 Å². The lowest BCUT2D eigenvalue weighted by molar-refractivity contribution is -0.120. The molecule has 1 amide bonds. The summed E-state index contributed by atoms with van der Waals surface area (Å²) in [6, 6.07) is 5.45. The van der Waals surface area contributed by atoms with Gasteiger partial charge < -0.3 is 5.32 Å². The van der Waals surface area contributed by atoms with Gasteiger partial charge >= 0.3 is 0 Å². The van der Waals surface area contributed by atoms with Gasteiger partial charge in [-0.15, -0.1) is 0 Å². The Morgan fingerprint density at radius 2 is 2.12 bits per heavy atom. The Hall–Kier alpha value is -1.51. The molecule has 3 rings (SSSR count). The zero-order valence-corrected chi connectivity index (χ0v) is 16.3. The summed E-state index contributed by atoms with van der Waals surface area (Å²) in [6.45, 7) is 4.66. The lowest BCUT2D eigenvalue weighted by Crippen LogP contribution is -2.49. The number of hydrogen-bond donors (Lipinski definition) is 1. The standard InChI is InChI=1S/C17H23N3O3S2/c1-11(2)12-7-8-13-15(10-12)24-17(18-13)19-16(21)14-6-4-5-9-20(14)25(3,22)23/h7-8,10-11,14H,4-6,9H2,1-3H3,(H,18,19,21). The third-order valence-corrected chi connectivity index (χ3v) is 6.71. The van der Waals surface area contributed by atoms with E-state index in [2.05, 4.69) is 30.2 Å². The van der Waals surface area contributed by atoms with Crippen molar-refractivity contribution in [2.75, 3.05) is 18.1 Å². The molecule has 1 unspecified atom stereocenters. The largest absolute Gasteiger partial charge is 0.301 e. The van der Waals surface area contributed by atoms with Crippen LogP contribution in [0.4, 0.5) is 5.13 Å². The molecule has 136 valence electrons. The number of piperidine rings is 1. The number of nitrogens with one attached hydrogen (secondary N) is 1. The highest BCUT2D eigenvalue weighted by atomic mass is 32.2. The highest BCUT2D eigenvalue weighted by Gasteiger charge is 2.34. The number of carbonyl (C=O) groups excluding carboxylic acids is 1. The molecule has 2 aromatic rings. The molecule has 0 bridgehead atoms. The van der Waals surface area contributed by atoms with Crippen LogP contribution in [-0.4, -0.2) is 42.5 Å². The zero-order valence-electron chi connectivity index (χ0n) is 14.7.